The SMILES string of the molecule is c1ccc(C2CCc3nnc(-c4cccnc4)n3CC2)cc1. The lowest BCUT2D eigenvalue weighted by atomic mass is 9.92. The van der Waals surface area contributed by atoms with Gasteiger partial charge in [-0.3, -0.25) is 4.98 Å². The van der Waals surface area contributed by atoms with Crippen LogP contribution in [0.3, 0.4) is 0 Å². The molecule has 1 aliphatic heterocycles. The Labute approximate surface area is 129 Å². The van der Waals surface area contributed by atoms with Crippen LogP contribution in [0.5, 0.6) is 0 Å². The van der Waals surface area contributed by atoms with Crippen molar-refractivity contribution in [3.8, 4) is 11.4 Å². The molecular formula is C18H18N4. The lowest BCUT2D eigenvalue weighted by molar-refractivity contribution is 0.562. The number of fused-ring (bicyclic) bond motifs is 1. The number of rotatable bonds is 2. The fraction of sp³-hybridized carbons (Fsp3) is 0.278. The van der Waals surface area contributed by atoms with Crippen molar-refractivity contribution in [3.05, 3.63) is 66.2 Å². The summed E-state index contributed by atoms with van der Waals surface area (Å²) in [7, 11) is 0. The summed E-state index contributed by atoms with van der Waals surface area (Å²) in [4.78, 5) is 4.19. The highest BCUT2D eigenvalue weighted by atomic mass is 15.3. The minimum absolute atomic E-state index is 0.602. The van der Waals surface area contributed by atoms with E-state index in [9.17, 15) is 0 Å². The summed E-state index contributed by atoms with van der Waals surface area (Å²) in [6, 6.07) is 14.8. The highest BCUT2D eigenvalue weighted by Crippen LogP contribution is 2.30. The molecule has 0 bridgehead atoms. The average Bonchev–Trinajstić information content (AvgIpc) is 2.88. The molecule has 0 fully saturated rings. The summed E-state index contributed by atoms with van der Waals surface area (Å²) in [6.07, 6.45) is 6.88. The van der Waals surface area contributed by atoms with Gasteiger partial charge in [-0.05, 0) is 36.5 Å². The molecule has 0 spiro atoms. The van der Waals surface area contributed by atoms with Crippen LogP contribution in [-0.2, 0) is 13.0 Å². The first-order valence-corrected chi connectivity index (χ1v) is 7.79. The minimum Gasteiger partial charge on any atom is -0.311 e. The van der Waals surface area contributed by atoms with Gasteiger partial charge in [0.15, 0.2) is 5.82 Å². The summed E-state index contributed by atoms with van der Waals surface area (Å²) < 4.78 is 2.26. The molecule has 1 atom stereocenters. The first-order valence-electron chi connectivity index (χ1n) is 7.79. The number of aryl methyl sites for hydroxylation is 1. The van der Waals surface area contributed by atoms with E-state index in [1.54, 1.807) is 6.20 Å². The first-order chi connectivity index (χ1) is 10.9. The van der Waals surface area contributed by atoms with E-state index in [4.69, 9.17) is 0 Å². The number of pyridine rings is 1. The van der Waals surface area contributed by atoms with Crippen LogP contribution in [0.15, 0.2) is 54.9 Å². The molecule has 22 heavy (non-hydrogen) atoms. The molecule has 3 aromatic rings. The van der Waals surface area contributed by atoms with Gasteiger partial charge in [-0.1, -0.05) is 30.3 Å². The molecular weight excluding hydrogens is 272 g/mol. The second-order valence-electron chi connectivity index (χ2n) is 5.77. The Hall–Kier alpha value is -2.49. The van der Waals surface area contributed by atoms with Gasteiger partial charge < -0.3 is 4.57 Å². The van der Waals surface area contributed by atoms with E-state index in [-0.39, 0.29) is 0 Å². The molecule has 1 unspecified atom stereocenters. The third-order valence-electron chi connectivity index (χ3n) is 4.44. The molecule has 0 aliphatic carbocycles. The van der Waals surface area contributed by atoms with E-state index in [0.29, 0.717) is 5.92 Å². The second kappa shape index (κ2) is 5.72. The highest BCUT2D eigenvalue weighted by Gasteiger charge is 2.21. The van der Waals surface area contributed by atoms with E-state index in [0.717, 1.165) is 43.0 Å². The van der Waals surface area contributed by atoms with Gasteiger partial charge >= 0.3 is 0 Å². The molecule has 0 saturated carbocycles. The van der Waals surface area contributed by atoms with Gasteiger partial charge in [0.05, 0.1) is 0 Å². The Morgan fingerprint density at radius 3 is 2.68 bits per heavy atom. The predicted octanol–water partition coefficient (Wildman–Crippen LogP) is 3.46. The number of aromatic nitrogens is 4. The van der Waals surface area contributed by atoms with Crippen LogP contribution in [-0.4, -0.2) is 19.7 Å². The normalized spacial score (nSPS) is 17.7. The molecule has 2 aromatic heterocycles. The molecule has 0 saturated heterocycles. The maximum Gasteiger partial charge on any atom is 0.165 e. The standard InChI is InChI=1S/C18H18N4/c1-2-5-14(6-3-1)15-8-9-17-20-21-18(22(17)12-10-15)16-7-4-11-19-13-16/h1-7,11,13,15H,8-10,12H2. The van der Waals surface area contributed by atoms with E-state index in [1.165, 1.54) is 5.56 Å². The van der Waals surface area contributed by atoms with Gasteiger partial charge in [-0.2, -0.15) is 0 Å². The quantitative estimate of drug-likeness (QED) is 0.726. The topological polar surface area (TPSA) is 43.6 Å². The molecule has 0 amide bonds. The molecule has 1 aromatic carbocycles. The summed E-state index contributed by atoms with van der Waals surface area (Å²) in [5.41, 5.74) is 2.48. The number of hydrogen-bond donors (Lipinski definition) is 0. The van der Waals surface area contributed by atoms with E-state index in [1.807, 2.05) is 18.3 Å². The van der Waals surface area contributed by atoms with Gasteiger partial charge in [0.25, 0.3) is 0 Å². The summed E-state index contributed by atoms with van der Waals surface area (Å²) in [5.74, 6) is 2.64. The van der Waals surface area contributed by atoms with Crippen LogP contribution in [0.1, 0.15) is 30.1 Å². The van der Waals surface area contributed by atoms with Crippen LogP contribution >= 0.6 is 0 Å². The monoisotopic (exact) mass is 290 g/mol. The molecule has 4 rings (SSSR count). The minimum atomic E-state index is 0.602. The molecule has 3 heterocycles. The molecule has 4 heteroatoms. The van der Waals surface area contributed by atoms with Crippen LogP contribution in [0.2, 0.25) is 0 Å². The molecule has 0 N–H and O–H groups in total. The van der Waals surface area contributed by atoms with Crippen LogP contribution in [0.25, 0.3) is 11.4 Å². The Balaban J connectivity index is 1.62. The molecule has 1 aliphatic rings. The van der Waals surface area contributed by atoms with Crippen LogP contribution < -0.4 is 0 Å². The zero-order valence-corrected chi connectivity index (χ0v) is 12.4. The Morgan fingerprint density at radius 2 is 1.86 bits per heavy atom. The van der Waals surface area contributed by atoms with Gasteiger partial charge in [0.2, 0.25) is 0 Å². The van der Waals surface area contributed by atoms with E-state index in [2.05, 4.69) is 50.1 Å². The van der Waals surface area contributed by atoms with Crippen LogP contribution in [0.4, 0.5) is 0 Å². The Morgan fingerprint density at radius 1 is 0.955 bits per heavy atom. The molecule has 0 radical (unpaired) electrons. The van der Waals surface area contributed by atoms with Gasteiger partial charge in [-0.15, -0.1) is 10.2 Å². The Kier molecular flexibility index (Phi) is 3.43. The predicted molar refractivity (Wildman–Crippen MR) is 85.4 cm³/mol. The summed E-state index contributed by atoms with van der Waals surface area (Å²) >= 11 is 0. The van der Waals surface area contributed by atoms with Crippen molar-refractivity contribution in [1.82, 2.24) is 19.7 Å². The number of benzene rings is 1. The second-order valence-corrected chi connectivity index (χ2v) is 5.77. The third kappa shape index (κ3) is 2.41. The third-order valence-corrected chi connectivity index (χ3v) is 4.44. The van der Waals surface area contributed by atoms with E-state index < -0.39 is 0 Å². The van der Waals surface area contributed by atoms with Crippen molar-refractivity contribution < 1.29 is 0 Å². The van der Waals surface area contributed by atoms with Gasteiger partial charge in [0, 0.05) is 30.9 Å². The zero-order valence-electron chi connectivity index (χ0n) is 12.4. The largest absolute Gasteiger partial charge is 0.311 e. The van der Waals surface area contributed by atoms with Crippen molar-refractivity contribution in [2.24, 2.45) is 0 Å². The molecule has 4 nitrogen and oxygen atoms in total. The van der Waals surface area contributed by atoms with Gasteiger partial charge in [-0.25, -0.2) is 0 Å². The van der Waals surface area contributed by atoms with Crippen molar-refractivity contribution >= 4 is 0 Å². The fourth-order valence-electron chi connectivity index (χ4n) is 3.25. The van der Waals surface area contributed by atoms with E-state index >= 15 is 0 Å². The van der Waals surface area contributed by atoms with Crippen molar-refractivity contribution in [3.63, 3.8) is 0 Å². The van der Waals surface area contributed by atoms with Crippen molar-refractivity contribution in [2.45, 2.75) is 31.7 Å². The summed E-state index contributed by atoms with van der Waals surface area (Å²) in [6.45, 7) is 0.964. The highest BCUT2D eigenvalue weighted by molar-refractivity contribution is 5.53. The average molecular weight is 290 g/mol. The number of hydrogen-bond acceptors (Lipinski definition) is 3. The molecule has 110 valence electrons. The van der Waals surface area contributed by atoms with Gasteiger partial charge in [0.1, 0.15) is 5.82 Å². The Bertz CT molecular complexity index is 749. The maximum atomic E-state index is 4.41. The summed E-state index contributed by atoms with van der Waals surface area (Å²) in [5, 5.41) is 8.79. The lowest BCUT2D eigenvalue weighted by Gasteiger charge is -2.14. The lowest BCUT2D eigenvalue weighted by Crippen LogP contribution is -2.04. The van der Waals surface area contributed by atoms with Crippen molar-refractivity contribution in [2.75, 3.05) is 0 Å². The smallest absolute Gasteiger partial charge is 0.165 e. The van der Waals surface area contributed by atoms with Crippen LogP contribution in [0, 0.1) is 0 Å². The fourth-order valence-corrected chi connectivity index (χ4v) is 3.25. The van der Waals surface area contributed by atoms with Crippen molar-refractivity contribution in [1.29, 1.82) is 0 Å². The number of nitrogens with zero attached hydrogens (tertiary/aromatic N) is 4. The zero-order chi connectivity index (χ0) is 14.8. The first kappa shape index (κ1) is 13.2. The maximum absolute atomic E-state index is 4.41.